The maximum atomic E-state index is 13.3. The van der Waals surface area contributed by atoms with Crippen molar-refractivity contribution in [3.8, 4) is 5.75 Å². The number of pyridine rings is 1. The van der Waals surface area contributed by atoms with Gasteiger partial charge in [0.15, 0.2) is 0 Å². The van der Waals surface area contributed by atoms with Gasteiger partial charge in [-0.15, -0.1) is 17.8 Å². The number of fused-ring (bicyclic) bond motifs is 1. The molecule has 1 aromatic carbocycles. The molecule has 0 aliphatic rings. The first-order chi connectivity index (χ1) is 14.4. The van der Waals surface area contributed by atoms with E-state index in [1.54, 1.807) is 35.9 Å². The van der Waals surface area contributed by atoms with Gasteiger partial charge in [-0.3, -0.25) is 4.79 Å². The lowest BCUT2D eigenvalue weighted by molar-refractivity contribution is 0.0698. The van der Waals surface area contributed by atoms with Gasteiger partial charge in [0.25, 0.3) is 0 Å². The number of aromatic nitrogens is 1. The monoisotopic (exact) mass is 421 g/mol. The number of carbonyl (C=O) groups is 2. The maximum Gasteiger partial charge on any atom is 0.337 e. The number of amidine groups is 1. The smallest absolute Gasteiger partial charge is 0.337 e. The Kier molecular flexibility index (Phi) is 6.15. The van der Waals surface area contributed by atoms with Gasteiger partial charge in [-0.05, 0) is 43.5 Å². The van der Waals surface area contributed by atoms with Crippen LogP contribution in [0.2, 0.25) is 0 Å². The van der Waals surface area contributed by atoms with Gasteiger partial charge in [0.05, 0.1) is 29.0 Å². The number of nitrogens with zero attached hydrogens (tertiary/aromatic N) is 4. The van der Waals surface area contributed by atoms with Gasteiger partial charge in [-0.2, -0.15) is 0 Å². The standard InChI is InChI=1S/C21H17N4O4S/c1-12-17(25-9-5-4-6-16(25)19(12)29-2)18(26)13-7-8-15(14(10-13)20(27)28)24-21(30-3)23-11-22/h4-10H,1-3H3,(H,27,28)/q-1. The summed E-state index contributed by atoms with van der Waals surface area (Å²) in [6, 6.07) is 11.3. The van der Waals surface area contributed by atoms with Crippen LogP contribution in [0.4, 0.5) is 5.69 Å². The molecule has 8 nitrogen and oxygen atoms in total. The fraction of sp³-hybridized carbons (Fsp3) is 0.143. The number of aliphatic imine (C=N–C) groups is 2. The molecule has 0 amide bonds. The Bertz CT molecular complexity index is 1240. The zero-order chi connectivity index (χ0) is 21.8. The van der Waals surface area contributed by atoms with E-state index < -0.39 is 5.97 Å². The topological polar surface area (TPSA) is 115 Å². The summed E-state index contributed by atoms with van der Waals surface area (Å²) in [5.41, 5.74) is 1.93. The highest BCUT2D eigenvalue weighted by Crippen LogP contribution is 2.32. The highest BCUT2D eigenvalue weighted by Gasteiger charge is 2.23. The molecule has 0 bridgehead atoms. The summed E-state index contributed by atoms with van der Waals surface area (Å²) in [4.78, 5) is 32.8. The minimum absolute atomic E-state index is 0.108. The van der Waals surface area contributed by atoms with E-state index in [1.807, 2.05) is 12.1 Å². The molecule has 0 aliphatic heterocycles. The average Bonchev–Trinajstić information content (AvgIpc) is 3.03. The molecule has 30 heavy (non-hydrogen) atoms. The number of methoxy groups -OCH3 is 1. The first-order valence-corrected chi connectivity index (χ1v) is 9.93. The van der Waals surface area contributed by atoms with E-state index in [-0.39, 0.29) is 27.8 Å². The first kappa shape index (κ1) is 21.0. The minimum Gasteiger partial charge on any atom is -0.494 e. The van der Waals surface area contributed by atoms with E-state index in [2.05, 4.69) is 9.98 Å². The molecule has 0 unspecified atom stereocenters. The SMILES string of the molecule is COc1c(C)c(C(=O)c2ccc(N=C(N=C=[N-])SC)c(C(=O)O)c2)n2ccccc12. The van der Waals surface area contributed by atoms with E-state index in [1.165, 1.54) is 25.3 Å². The van der Waals surface area contributed by atoms with Crippen LogP contribution >= 0.6 is 11.8 Å². The van der Waals surface area contributed by atoms with Crippen molar-refractivity contribution < 1.29 is 19.4 Å². The molecule has 0 fully saturated rings. The number of thioether (sulfide) groups is 1. The Hall–Kier alpha value is -3.68. The number of benzene rings is 1. The van der Waals surface area contributed by atoms with Gasteiger partial charge in [-0.25, -0.2) is 9.79 Å². The molecule has 2 aromatic heterocycles. The number of carbonyl (C=O) groups excluding carboxylic acids is 1. The van der Waals surface area contributed by atoms with Crippen molar-refractivity contribution in [3.05, 3.63) is 70.4 Å². The van der Waals surface area contributed by atoms with Gasteiger partial charge in [0.2, 0.25) is 5.78 Å². The van der Waals surface area contributed by atoms with Crippen LogP contribution in [0.5, 0.6) is 5.75 Å². The highest BCUT2D eigenvalue weighted by molar-refractivity contribution is 8.13. The van der Waals surface area contributed by atoms with Crippen LogP contribution in [0.3, 0.4) is 0 Å². The second-order valence-electron chi connectivity index (χ2n) is 6.14. The number of ether oxygens (including phenoxy) is 1. The lowest BCUT2D eigenvalue weighted by atomic mass is 10.0. The second kappa shape index (κ2) is 8.77. The number of aromatic carboxylic acids is 1. The number of hydrogen-bond donors (Lipinski definition) is 1. The fourth-order valence-electron chi connectivity index (χ4n) is 3.19. The summed E-state index contributed by atoms with van der Waals surface area (Å²) in [6.45, 7) is 1.78. The molecule has 0 saturated carbocycles. The second-order valence-corrected chi connectivity index (χ2v) is 6.91. The van der Waals surface area contributed by atoms with E-state index in [0.29, 0.717) is 17.0 Å². The number of rotatable bonds is 5. The average molecular weight is 421 g/mol. The predicted molar refractivity (Wildman–Crippen MR) is 117 cm³/mol. The van der Waals surface area contributed by atoms with E-state index in [9.17, 15) is 14.7 Å². The third-order valence-corrected chi connectivity index (χ3v) is 5.03. The fourth-order valence-corrected chi connectivity index (χ4v) is 3.51. The normalized spacial score (nSPS) is 11.2. The van der Waals surface area contributed by atoms with Crippen molar-refractivity contribution in [3.63, 3.8) is 0 Å². The van der Waals surface area contributed by atoms with Crippen LogP contribution in [0.25, 0.3) is 10.9 Å². The van der Waals surface area contributed by atoms with Gasteiger partial charge in [-0.1, -0.05) is 6.07 Å². The largest absolute Gasteiger partial charge is 0.494 e. The summed E-state index contributed by atoms with van der Waals surface area (Å²) >= 11 is 1.11. The molecule has 3 aromatic rings. The third kappa shape index (κ3) is 3.76. The molecular formula is C21H17N4O4S-. The van der Waals surface area contributed by atoms with Crippen molar-refractivity contribution in [1.82, 2.24) is 4.40 Å². The lowest BCUT2D eigenvalue weighted by Crippen LogP contribution is -2.09. The molecule has 1 N–H and O–H groups in total. The molecule has 0 saturated heterocycles. The van der Waals surface area contributed by atoms with Gasteiger partial charge in [0.1, 0.15) is 11.4 Å². The Morgan fingerprint density at radius 3 is 2.67 bits per heavy atom. The Labute approximate surface area is 176 Å². The van der Waals surface area contributed by atoms with E-state index >= 15 is 0 Å². The van der Waals surface area contributed by atoms with E-state index in [4.69, 9.17) is 10.1 Å². The molecule has 0 spiro atoms. The van der Waals surface area contributed by atoms with Crippen molar-refractivity contribution >= 4 is 45.9 Å². The summed E-state index contributed by atoms with van der Waals surface area (Å²) < 4.78 is 7.18. The molecule has 2 heterocycles. The Morgan fingerprint density at radius 1 is 1.27 bits per heavy atom. The van der Waals surface area contributed by atoms with Crippen LogP contribution in [-0.2, 0) is 0 Å². The van der Waals surface area contributed by atoms with Crippen LogP contribution in [0, 0.1) is 6.92 Å². The van der Waals surface area contributed by atoms with Crippen molar-refractivity contribution in [2.45, 2.75) is 6.92 Å². The molecule has 9 heteroatoms. The number of carboxylic acids is 1. The Morgan fingerprint density at radius 2 is 2.03 bits per heavy atom. The predicted octanol–water partition coefficient (Wildman–Crippen LogP) is 4.28. The van der Waals surface area contributed by atoms with Crippen LogP contribution in [0.15, 0.2) is 52.6 Å². The summed E-state index contributed by atoms with van der Waals surface area (Å²) in [5, 5.41) is 18.5. The zero-order valence-corrected chi connectivity index (χ0v) is 17.2. The molecule has 0 radical (unpaired) electrons. The quantitative estimate of drug-likeness (QED) is 0.375. The molecule has 152 valence electrons. The third-order valence-electron chi connectivity index (χ3n) is 4.48. The molecule has 0 atom stereocenters. The first-order valence-electron chi connectivity index (χ1n) is 8.71. The summed E-state index contributed by atoms with van der Waals surface area (Å²) in [5.74, 6) is -1.00. The van der Waals surface area contributed by atoms with Crippen molar-refractivity contribution in [2.24, 2.45) is 9.98 Å². The Balaban J connectivity index is 2.16. The van der Waals surface area contributed by atoms with Crippen LogP contribution in [-0.4, -0.2) is 45.8 Å². The lowest BCUT2D eigenvalue weighted by Gasteiger charge is -2.08. The van der Waals surface area contributed by atoms with Crippen molar-refractivity contribution in [1.29, 1.82) is 0 Å². The maximum absolute atomic E-state index is 13.3. The number of hydrogen-bond acceptors (Lipinski definition) is 5. The summed E-state index contributed by atoms with van der Waals surface area (Å²) in [7, 11) is 1.54. The zero-order valence-electron chi connectivity index (χ0n) is 16.4. The molecule has 0 aliphatic carbocycles. The van der Waals surface area contributed by atoms with E-state index in [0.717, 1.165) is 17.3 Å². The number of carboxylic acid groups (broad SMARTS) is 1. The highest BCUT2D eigenvalue weighted by atomic mass is 32.2. The minimum atomic E-state index is -1.24. The van der Waals surface area contributed by atoms with Gasteiger partial charge >= 0.3 is 5.97 Å². The molecular weight excluding hydrogens is 404 g/mol. The van der Waals surface area contributed by atoms with Crippen LogP contribution < -0.4 is 4.74 Å². The summed E-state index contributed by atoms with van der Waals surface area (Å²) in [6.07, 6.45) is 3.43. The number of ketones is 1. The van der Waals surface area contributed by atoms with Crippen molar-refractivity contribution in [2.75, 3.05) is 13.4 Å². The van der Waals surface area contributed by atoms with Gasteiger partial charge < -0.3 is 24.6 Å². The molecule has 3 rings (SSSR count). The van der Waals surface area contributed by atoms with Gasteiger partial charge in [0, 0.05) is 17.3 Å². The van der Waals surface area contributed by atoms with Crippen LogP contribution in [0.1, 0.15) is 32.0 Å².